The van der Waals surface area contributed by atoms with Crippen molar-refractivity contribution < 1.29 is 9.59 Å². The van der Waals surface area contributed by atoms with E-state index in [1.807, 2.05) is 52.3 Å². The van der Waals surface area contributed by atoms with Crippen molar-refractivity contribution in [3.05, 3.63) is 71.3 Å². The molecule has 4 nitrogen and oxygen atoms in total. The van der Waals surface area contributed by atoms with Crippen molar-refractivity contribution in [3.8, 4) is 0 Å². The minimum atomic E-state index is 0.0850. The van der Waals surface area contributed by atoms with E-state index in [9.17, 15) is 9.59 Å². The predicted molar refractivity (Wildman–Crippen MR) is 120 cm³/mol. The average molecular weight is 411 g/mol. The van der Waals surface area contributed by atoms with Crippen LogP contribution >= 0.6 is 11.8 Å². The lowest BCUT2D eigenvalue weighted by Crippen LogP contribution is -2.49. The van der Waals surface area contributed by atoms with Crippen molar-refractivity contribution in [2.45, 2.75) is 38.0 Å². The SMILES string of the molecule is CCCN(C(=O)c1ccc(CSC)cc1)C1CCN(C(=O)c2ccccc2)CC1. The van der Waals surface area contributed by atoms with Crippen LogP contribution in [0.15, 0.2) is 54.6 Å². The summed E-state index contributed by atoms with van der Waals surface area (Å²) in [5.41, 5.74) is 2.73. The smallest absolute Gasteiger partial charge is 0.254 e. The highest BCUT2D eigenvalue weighted by Gasteiger charge is 2.30. The van der Waals surface area contributed by atoms with Crippen LogP contribution in [0, 0.1) is 0 Å². The molecule has 1 heterocycles. The number of thioether (sulfide) groups is 1. The number of benzene rings is 2. The van der Waals surface area contributed by atoms with Gasteiger partial charge in [-0.25, -0.2) is 0 Å². The standard InChI is InChI=1S/C24H30N2O2S/c1-3-15-26(24(28)21-11-9-19(10-12-21)18-29-2)22-13-16-25(17-14-22)23(27)20-7-5-4-6-8-20/h4-12,22H,3,13-18H2,1-2H3. The second-order valence-electron chi connectivity index (χ2n) is 7.52. The van der Waals surface area contributed by atoms with Gasteiger partial charge in [0.15, 0.2) is 0 Å². The van der Waals surface area contributed by atoms with Crippen LogP contribution < -0.4 is 0 Å². The molecule has 3 rings (SSSR count). The third-order valence-corrected chi connectivity index (χ3v) is 6.07. The molecule has 0 bridgehead atoms. The predicted octanol–water partition coefficient (Wildman–Crippen LogP) is 4.71. The molecule has 29 heavy (non-hydrogen) atoms. The first-order valence-electron chi connectivity index (χ1n) is 10.4. The van der Waals surface area contributed by atoms with E-state index in [1.54, 1.807) is 11.8 Å². The molecular formula is C24H30N2O2S. The summed E-state index contributed by atoms with van der Waals surface area (Å²) in [6.45, 7) is 4.25. The molecule has 2 aromatic carbocycles. The molecule has 0 unspecified atom stereocenters. The highest BCUT2D eigenvalue weighted by molar-refractivity contribution is 7.97. The Hall–Kier alpha value is -2.27. The second-order valence-corrected chi connectivity index (χ2v) is 8.38. The highest BCUT2D eigenvalue weighted by Crippen LogP contribution is 2.21. The number of hydrogen-bond donors (Lipinski definition) is 0. The summed E-state index contributed by atoms with van der Waals surface area (Å²) < 4.78 is 0. The fourth-order valence-electron chi connectivity index (χ4n) is 3.91. The Bertz CT molecular complexity index is 799. The molecule has 0 atom stereocenters. The molecule has 0 aromatic heterocycles. The lowest BCUT2D eigenvalue weighted by Gasteiger charge is -2.38. The summed E-state index contributed by atoms with van der Waals surface area (Å²) >= 11 is 1.78. The lowest BCUT2D eigenvalue weighted by atomic mass is 10.0. The van der Waals surface area contributed by atoms with Crippen LogP contribution in [0.2, 0.25) is 0 Å². The van der Waals surface area contributed by atoms with E-state index in [-0.39, 0.29) is 17.9 Å². The van der Waals surface area contributed by atoms with Gasteiger partial charge in [-0.05, 0) is 55.3 Å². The number of hydrogen-bond acceptors (Lipinski definition) is 3. The molecule has 0 radical (unpaired) electrons. The topological polar surface area (TPSA) is 40.6 Å². The Morgan fingerprint density at radius 3 is 2.24 bits per heavy atom. The second kappa shape index (κ2) is 10.5. The van der Waals surface area contributed by atoms with Crippen LogP contribution in [-0.2, 0) is 5.75 Å². The van der Waals surface area contributed by atoms with Crippen LogP contribution in [0.25, 0.3) is 0 Å². The van der Waals surface area contributed by atoms with Gasteiger partial charge in [0.1, 0.15) is 0 Å². The van der Waals surface area contributed by atoms with E-state index >= 15 is 0 Å². The number of carbonyl (C=O) groups excluding carboxylic acids is 2. The van der Waals surface area contributed by atoms with Crippen molar-refractivity contribution in [2.75, 3.05) is 25.9 Å². The summed E-state index contributed by atoms with van der Waals surface area (Å²) in [6, 6.07) is 17.6. The van der Waals surface area contributed by atoms with Gasteiger partial charge in [-0.1, -0.05) is 37.3 Å². The fraction of sp³-hybridized carbons (Fsp3) is 0.417. The summed E-state index contributed by atoms with van der Waals surface area (Å²) in [7, 11) is 0. The van der Waals surface area contributed by atoms with Crippen molar-refractivity contribution in [1.82, 2.24) is 9.80 Å². The first-order chi connectivity index (χ1) is 14.1. The van der Waals surface area contributed by atoms with Gasteiger partial charge in [0.2, 0.25) is 0 Å². The van der Waals surface area contributed by atoms with E-state index in [0.717, 1.165) is 42.7 Å². The van der Waals surface area contributed by atoms with Crippen LogP contribution in [0.5, 0.6) is 0 Å². The zero-order valence-electron chi connectivity index (χ0n) is 17.3. The first kappa shape index (κ1) is 21.4. The quantitative estimate of drug-likeness (QED) is 0.664. The number of rotatable bonds is 7. The van der Waals surface area contributed by atoms with Crippen LogP contribution in [0.1, 0.15) is 52.5 Å². The number of nitrogens with zero attached hydrogens (tertiary/aromatic N) is 2. The van der Waals surface area contributed by atoms with E-state index in [0.29, 0.717) is 13.1 Å². The third-order valence-electron chi connectivity index (χ3n) is 5.45. The zero-order valence-corrected chi connectivity index (χ0v) is 18.2. The maximum absolute atomic E-state index is 13.2. The molecular weight excluding hydrogens is 380 g/mol. The van der Waals surface area contributed by atoms with Crippen LogP contribution in [0.3, 0.4) is 0 Å². The molecule has 2 amide bonds. The highest BCUT2D eigenvalue weighted by atomic mass is 32.2. The summed E-state index contributed by atoms with van der Waals surface area (Å²) in [5, 5.41) is 0. The molecule has 1 fully saturated rings. The third kappa shape index (κ3) is 5.41. The Morgan fingerprint density at radius 1 is 1.00 bits per heavy atom. The molecule has 1 aliphatic heterocycles. The molecule has 0 spiro atoms. The molecule has 0 aliphatic carbocycles. The number of carbonyl (C=O) groups is 2. The van der Waals surface area contributed by atoms with Crippen molar-refractivity contribution in [3.63, 3.8) is 0 Å². The maximum Gasteiger partial charge on any atom is 0.254 e. The molecule has 1 aliphatic rings. The average Bonchev–Trinajstić information content (AvgIpc) is 2.78. The van der Waals surface area contributed by atoms with Crippen LogP contribution in [-0.4, -0.2) is 53.5 Å². The summed E-state index contributed by atoms with van der Waals surface area (Å²) in [4.78, 5) is 29.8. The van der Waals surface area contributed by atoms with Gasteiger partial charge < -0.3 is 9.80 Å². The van der Waals surface area contributed by atoms with Gasteiger partial charge >= 0.3 is 0 Å². The summed E-state index contributed by atoms with van der Waals surface area (Å²) in [6.07, 6.45) is 4.67. The Kier molecular flexibility index (Phi) is 7.76. The minimum Gasteiger partial charge on any atom is -0.338 e. The summed E-state index contributed by atoms with van der Waals surface area (Å²) in [5.74, 6) is 1.15. The molecule has 2 aromatic rings. The molecule has 5 heteroatoms. The number of amides is 2. The van der Waals surface area contributed by atoms with Gasteiger partial charge in [0, 0.05) is 42.6 Å². The molecule has 154 valence electrons. The minimum absolute atomic E-state index is 0.0850. The van der Waals surface area contributed by atoms with Gasteiger partial charge in [-0.3, -0.25) is 9.59 Å². The van der Waals surface area contributed by atoms with E-state index in [4.69, 9.17) is 0 Å². The molecule has 0 N–H and O–H groups in total. The van der Waals surface area contributed by atoms with Crippen molar-refractivity contribution in [2.24, 2.45) is 0 Å². The largest absolute Gasteiger partial charge is 0.338 e. The Labute approximate surface area is 178 Å². The Morgan fingerprint density at radius 2 is 1.66 bits per heavy atom. The number of likely N-dealkylation sites (tertiary alicyclic amines) is 1. The van der Waals surface area contributed by atoms with Crippen molar-refractivity contribution >= 4 is 23.6 Å². The zero-order chi connectivity index (χ0) is 20.6. The van der Waals surface area contributed by atoms with Crippen LogP contribution in [0.4, 0.5) is 0 Å². The van der Waals surface area contributed by atoms with E-state index in [1.165, 1.54) is 5.56 Å². The van der Waals surface area contributed by atoms with Gasteiger partial charge in [0.05, 0.1) is 0 Å². The van der Waals surface area contributed by atoms with E-state index in [2.05, 4.69) is 25.3 Å². The Balaban J connectivity index is 1.64. The van der Waals surface area contributed by atoms with Gasteiger partial charge in [0.25, 0.3) is 11.8 Å². The normalized spacial score (nSPS) is 14.6. The van der Waals surface area contributed by atoms with Crippen molar-refractivity contribution in [1.29, 1.82) is 0 Å². The molecule has 0 saturated carbocycles. The monoisotopic (exact) mass is 410 g/mol. The van der Waals surface area contributed by atoms with Gasteiger partial charge in [-0.2, -0.15) is 11.8 Å². The molecule has 1 saturated heterocycles. The van der Waals surface area contributed by atoms with Gasteiger partial charge in [-0.15, -0.1) is 0 Å². The number of piperidine rings is 1. The van der Waals surface area contributed by atoms with E-state index < -0.39 is 0 Å². The first-order valence-corrected chi connectivity index (χ1v) is 11.8. The lowest BCUT2D eigenvalue weighted by molar-refractivity contribution is 0.0519. The fourth-order valence-corrected chi connectivity index (χ4v) is 4.44. The maximum atomic E-state index is 13.2.